The van der Waals surface area contributed by atoms with Gasteiger partial charge in [0.15, 0.2) is 0 Å². The first-order chi connectivity index (χ1) is 9.08. The molecule has 1 aliphatic rings. The third-order valence-electron chi connectivity index (χ3n) is 3.37. The topological polar surface area (TPSA) is 34.0 Å². The van der Waals surface area contributed by atoms with Crippen LogP contribution in [0.3, 0.4) is 0 Å². The van der Waals surface area contributed by atoms with Gasteiger partial charge in [0.2, 0.25) is 0 Å². The van der Waals surface area contributed by atoms with E-state index in [1.165, 1.54) is 11.8 Å². The molecule has 0 bridgehead atoms. The molecule has 0 unspecified atom stereocenters. The summed E-state index contributed by atoms with van der Waals surface area (Å²) in [5.74, 6) is -0.109. The number of aryl methyl sites for hydroxylation is 1. The van der Waals surface area contributed by atoms with E-state index in [0.717, 1.165) is 22.2 Å². The summed E-state index contributed by atoms with van der Waals surface area (Å²) in [5, 5.41) is 3.80. The van der Waals surface area contributed by atoms with Crippen molar-refractivity contribution in [3.63, 3.8) is 0 Å². The van der Waals surface area contributed by atoms with Gasteiger partial charge in [0.05, 0.1) is 4.91 Å². The van der Waals surface area contributed by atoms with E-state index in [4.69, 9.17) is 12.2 Å². The normalized spacial score (nSPS) is 17.5. The third-order valence-corrected chi connectivity index (χ3v) is 4.53. The average molecular weight is 288 g/mol. The number of rotatable bonds is 1. The molecule has 0 radical (unpaired) electrons. The third kappa shape index (κ3) is 1.99. The summed E-state index contributed by atoms with van der Waals surface area (Å²) in [7, 11) is 2.03. The standard InChI is InChI=1S/C14H12N2OS2/c1-8-10(7-12-13(17)15-14(18)19-12)9-5-3-4-6-11(9)16(8)2/h3-7H,1-2H3,(H,15,17,18)/b12-7-. The zero-order chi connectivity index (χ0) is 13.6. The molecule has 2 aromatic rings. The van der Waals surface area contributed by atoms with Crippen molar-refractivity contribution in [2.75, 3.05) is 0 Å². The molecule has 19 heavy (non-hydrogen) atoms. The van der Waals surface area contributed by atoms with E-state index in [2.05, 4.69) is 28.9 Å². The van der Waals surface area contributed by atoms with Gasteiger partial charge in [0, 0.05) is 29.2 Å². The highest BCUT2D eigenvalue weighted by Gasteiger charge is 2.23. The molecular weight excluding hydrogens is 276 g/mol. The molecule has 0 atom stereocenters. The number of aromatic nitrogens is 1. The Labute approximate surface area is 120 Å². The maximum Gasteiger partial charge on any atom is 0.263 e. The molecule has 2 heterocycles. The summed E-state index contributed by atoms with van der Waals surface area (Å²) in [6, 6.07) is 8.18. The smallest absolute Gasteiger partial charge is 0.263 e. The van der Waals surface area contributed by atoms with Crippen molar-refractivity contribution in [2.45, 2.75) is 6.92 Å². The minimum Gasteiger partial charge on any atom is -0.347 e. The first-order valence-corrected chi connectivity index (χ1v) is 7.09. The van der Waals surface area contributed by atoms with Crippen LogP contribution >= 0.6 is 24.0 Å². The lowest BCUT2D eigenvalue weighted by molar-refractivity contribution is -0.115. The fraction of sp³-hybridized carbons (Fsp3) is 0.143. The zero-order valence-corrected chi connectivity index (χ0v) is 12.2. The van der Waals surface area contributed by atoms with Gasteiger partial charge in [-0.05, 0) is 19.1 Å². The molecule has 0 aliphatic carbocycles. The van der Waals surface area contributed by atoms with Crippen LogP contribution in [0.2, 0.25) is 0 Å². The molecule has 1 amide bonds. The number of amides is 1. The minimum atomic E-state index is -0.109. The van der Waals surface area contributed by atoms with E-state index in [1.807, 2.05) is 25.3 Å². The van der Waals surface area contributed by atoms with Gasteiger partial charge in [0.1, 0.15) is 4.32 Å². The summed E-state index contributed by atoms with van der Waals surface area (Å²) in [5.41, 5.74) is 3.39. The van der Waals surface area contributed by atoms with Crippen LogP contribution in [0.15, 0.2) is 29.2 Å². The van der Waals surface area contributed by atoms with Crippen LogP contribution in [0.4, 0.5) is 0 Å². The molecule has 1 aromatic heterocycles. The van der Waals surface area contributed by atoms with Crippen LogP contribution in [0, 0.1) is 6.92 Å². The molecular formula is C14H12N2OS2. The Morgan fingerprint density at radius 3 is 2.79 bits per heavy atom. The molecule has 1 aromatic carbocycles. The van der Waals surface area contributed by atoms with Crippen molar-refractivity contribution in [3.8, 4) is 0 Å². The van der Waals surface area contributed by atoms with E-state index >= 15 is 0 Å². The molecule has 0 saturated carbocycles. The number of thioether (sulfide) groups is 1. The highest BCUT2D eigenvalue weighted by molar-refractivity contribution is 8.26. The van der Waals surface area contributed by atoms with E-state index < -0.39 is 0 Å². The van der Waals surface area contributed by atoms with E-state index in [9.17, 15) is 4.79 Å². The van der Waals surface area contributed by atoms with E-state index in [-0.39, 0.29) is 5.91 Å². The summed E-state index contributed by atoms with van der Waals surface area (Å²) in [4.78, 5) is 12.4. The SMILES string of the molecule is Cc1c(/C=C2\SC(=S)NC2=O)c2ccccc2n1C. The maximum absolute atomic E-state index is 11.7. The van der Waals surface area contributed by atoms with Gasteiger partial charge in [-0.3, -0.25) is 4.79 Å². The lowest BCUT2D eigenvalue weighted by Crippen LogP contribution is -2.17. The Kier molecular flexibility index (Phi) is 2.95. The minimum absolute atomic E-state index is 0.109. The zero-order valence-electron chi connectivity index (χ0n) is 10.6. The molecule has 1 N–H and O–H groups in total. The average Bonchev–Trinajstić information content (AvgIpc) is 2.83. The highest BCUT2D eigenvalue weighted by atomic mass is 32.2. The molecule has 1 saturated heterocycles. The van der Waals surface area contributed by atoms with Gasteiger partial charge in [-0.1, -0.05) is 42.2 Å². The van der Waals surface area contributed by atoms with Crippen molar-refractivity contribution >= 4 is 51.2 Å². The molecule has 0 spiro atoms. The van der Waals surface area contributed by atoms with Gasteiger partial charge in [-0.25, -0.2) is 0 Å². The Balaban J connectivity index is 2.21. The fourth-order valence-electron chi connectivity index (χ4n) is 2.28. The van der Waals surface area contributed by atoms with Crippen molar-refractivity contribution in [1.82, 2.24) is 9.88 Å². The lowest BCUT2D eigenvalue weighted by atomic mass is 10.1. The number of carbonyl (C=O) groups excluding carboxylic acids is 1. The number of para-hydroxylation sites is 1. The Morgan fingerprint density at radius 2 is 2.11 bits per heavy atom. The second kappa shape index (κ2) is 4.51. The number of fused-ring (bicyclic) bond motifs is 1. The van der Waals surface area contributed by atoms with Gasteiger partial charge in [0.25, 0.3) is 5.91 Å². The molecule has 96 valence electrons. The predicted octanol–water partition coefficient (Wildman–Crippen LogP) is 2.98. The van der Waals surface area contributed by atoms with Crippen LogP contribution in [0.1, 0.15) is 11.3 Å². The van der Waals surface area contributed by atoms with Crippen molar-refractivity contribution in [3.05, 3.63) is 40.4 Å². The van der Waals surface area contributed by atoms with Crippen molar-refractivity contribution in [1.29, 1.82) is 0 Å². The molecule has 1 aliphatic heterocycles. The Morgan fingerprint density at radius 1 is 1.37 bits per heavy atom. The summed E-state index contributed by atoms with van der Waals surface area (Å²) in [6.45, 7) is 2.06. The first kappa shape index (κ1) is 12.4. The van der Waals surface area contributed by atoms with Crippen LogP contribution in [-0.4, -0.2) is 14.8 Å². The van der Waals surface area contributed by atoms with Crippen molar-refractivity contribution in [2.24, 2.45) is 7.05 Å². The second-order valence-electron chi connectivity index (χ2n) is 4.43. The number of hydrogen-bond donors (Lipinski definition) is 1. The number of carbonyl (C=O) groups is 1. The van der Waals surface area contributed by atoms with E-state index in [1.54, 1.807) is 0 Å². The number of benzene rings is 1. The second-order valence-corrected chi connectivity index (χ2v) is 6.15. The Hall–Kier alpha value is -1.59. The summed E-state index contributed by atoms with van der Waals surface area (Å²) in [6.07, 6.45) is 1.93. The lowest BCUT2D eigenvalue weighted by Gasteiger charge is -1.98. The van der Waals surface area contributed by atoms with Crippen LogP contribution in [0.25, 0.3) is 17.0 Å². The van der Waals surface area contributed by atoms with Gasteiger partial charge in [-0.2, -0.15) is 0 Å². The number of nitrogens with one attached hydrogen (secondary N) is 1. The number of thiocarbonyl (C=S) groups is 1. The van der Waals surface area contributed by atoms with Crippen LogP contribution in [-0.2, 0) is 11.8 Å². The first-order valence-electron chi connectivity index (χ1n) is 5.87. The quantitative estimate of drug-likeness (QED) is 0.647. The molecule has 3 nitrogen and oxygen atoms in total. The van der Waals surface area contributed by atoms with Crippen LogP contribution < -0.4 is 5.32 Å². The number of hydrogen-bond acceptors (Lipinski definition) is 3. The fourth-order valence-corrected chi connectivity index (χ4v) is 3.31. The molecule has 5 heteroatoms. The van der Waals surface area contributed by atoms with Gasteiger partial charge in [-0.15, -0.1) is 0 Å². The van der Waals surface area contributed by atoms with Gasteiger partial charge >= 0.3 is 0 Å². The number of nitrogens with zero attached hydrogens (tertiary/aromatic N) is 1. The van der Waals surface area contributed by atoms with Gasteiger partial charge < -0.3 is 9.88 Å². The largest absolute Gasteiger partial charge is 0.347 e. The Bertz CT molecular complexity index is 743. The monoisotopic (exact) mass is 288 g/mol. The molecule has 1 fully saturated rings. The summed E-state index contributed by atoms with van der Waals surface area (Å²) < 4.78 is 2.66. The molecule has 3 rings (SSSR count). The highest BCUT2D eigenvalue weighted by Crippen LogP contribution is 2.31. The maximum atomic E-state index is 11.7. The van der Waals surface area contributed by atoms with Crippen molar-refractivity contribution < 1.29 is 4.79 Å². The van der Waals surface area contributed by atoms with Crippen LogP contribution in [0.5, 0.6) is 0 Å². The van der Waals surface area contributed by atoms with E-state index in [0.29, 0.717) is 9.23 Å². The predicted molar refractivity (Wildman–Crippen MR) is 84.0 cm³/mol. The summed E-state index contributed by atoms with van der Waals surface area (Å²) >= 11 is 6.33.